The van der Waals surface area contributed by atoms with Gasteiger partial charge in [0.05, 0.1) is 6.10 Å². The normalized spacial score (nSPS) is 28.9. The van der Waals surface area contributed by atoms with E-state index in [1.54, 1.807) is 0 Å². The van der Waals surface area contributed by atoms with Crippen LogP contribution < -0.4 is 10.1 Å². The van der Waals surface area contributed by atoms with Gasteiger partial charge >= 0.3 is 0 Å². The van der Waals surface area contributed by atoms with Crippen molar-refractivity contribution in [1.82, 2.24) is 5.32 Å². The van der Waals surface area contributed by atoms with Gasteiger partial charge in [-0.15, -0.1) is 0 Å². The first kappa shape index (κ1) is 14.9. The average Bonchev–Trinajstić information content (AvgIpc) is 2.49. The highest BCUT2D eigenvalue weighted by atomic mass is 16.5. The molecule has 0 amide bonds. The second-order valence-electron chi connectivity index (χ2n) is 7.40. The summed E-state index contributed by atoms with van der Waals surface area (Å²) >= 11 is 0. The van der Waals surface area contributed by atoms with Crippen molar-refractivity contribution in [2.75, 3.05) is 7.05 Å². The molecule has 0 radical (unpaired) electrons. The number of nitrogens with one attached hydrogen (secondary N) is 1. The molecule has 1 aromatic carbocycles. The van der Waals surface area contributed by atoms with Gasteiger partial charge in [-0.2, -0.15) is 0 Å². The van der Waals surface area contributed by atoms with Gasteiger partial charge in [0, 0.05) is 6.04 Å². The fourth-order valence-corrected chi connectivity index (χ4v) is 4.14. The Morgan fingerprint density at radius 3 is 2.29 bits per heavy atom. The van der Waals surface area contributed by atoms with E-state index in [4.69, 9.17) is 4.74 Å². The lowest BCUT2D eigenvalue weighted by molar-refractivity contribution is 0.0750. The van der Waals surface area contributed by atoms with E-state index in [2.05, 4.69) is 50.5 Å². The Labute approximate surface area is 129 Å². The summed E-state index contributed by atoms with van der Waals surface area (Å²) in [6, 6.07) is 9.53. The van der Waals surface area contributed by atoms with Crippen LogP contribution in [0, 0.1) is 5.41 Å². The van der Waals surface area contributed by atoms with Crippen molar-refractivity contribution >= 4 is 0 Å². The van der Waals surface area contributed by atoms with E-state index in [0.717, 1.165) is 5.75 Å². The highest BCUT2D eigenvalue weighted by Gasteiger charge is 2.47. The van der Waals surface area contributed by atoms with E-state index in [1.165, 1.54) is 44.1 Å². The third-order valence-corrected chi connectivity index (χ3v) is 5.75. The van der Waals surface area contributed by atoms with Crippen LogP contribution >= 0.6 is 0 Å². The first-order chi connectivity index (χ1) is 10.1. The monoisotopic (exact) mass is 287 g/mol. The summed E-state index contributed by atoms with van der Waals surface area (Å²) in [5, 5.41) is 3.43. The molecule has 0 saturated heterocycles. The van der Waals surface area contributed by atoms with Crippen molar-refractivity contribution in [1.29, 1.82) is 0 Å². The Morgan fingerprint density at radius 2 is 1.71 bits per heavy atom. The van der Waals surface area contributed by atoms with Crippen LogP contribution in [-0.2, 0) is 0 Å². The maximum atomic E-state index is 6.12. The van der Waals surface area contributed by atoms with Gasteiger partial charge in [0.25, 0.3) is 0 Å². The van der Waals surface area contributed by atoms with E-state index in [0.29, 0.717) is 23.5 Å². The maximum absolute atomic E-state index is 6.12. The molecule has 2 aliphatic rings. The minimum atomic E-state index is 0.348. The van der Waals surface area contributed by atoms with Gasteiger partial charge in [-0.1, -0.05) is 32.4 Å². The zero-order valence-electron chi connectivity index (χ0n) is 13.7. The Kier molecular flexibility index (Phi) is 4.26. The van der Waals surface area contributed by atoms with Crippen molar-refractivity contribution < 1.29 is 4.74 Å². The zero-order chi connectivity index (χ0) is 14.9. The van der Waals surface area contributed by atoms with E-state index < -0.39 is 0 Å². The summed E-state index contributed by atoms with van der Waals surface area (Å²) in [6.07, 6.45) is 8.16. The summed E-state index contributed by atoms with van der Waals surface area (Å²) in [5.74, 6) is 1.71. The molecule has 0 bridgehead atoms. The van der Waals surface area contributed by atoms with Crippen molar-refractivity contribution in [2.24, 2.45) is 5.41 Å². The topological polar surface area (TPSA) is 21.3 Å². The van der Waals surface area contributed by atoms with Crippen LogP contribution in [0.25, 0.3) is 0 Å². The van der Waals surface area contributed by atoms with Crippen molar-refractivity contribution in [2.45, 2.75) is 70.4 Å². The van der Waals surface area contributed by atoms with E-state index in [9.17, 15) is 0 Å². The second-order valence-corrected chi connectivity index (χ2v) is 7.40. The zero-order valence-corrected chi connectivity index (χ0v) is 13.7. The number of ether oxygens (including phenoxy) is 1. The van der Waals surface area contributed by atoms with Crippen LogP contribution in [0.2, 0.25) is 0 Å². The van der Waals surface area contributed by atoms with Crippen molar-refractivity contribution in [3.8, 4) is 5.75 Å². The van der Waals surface area contributed by atoms with Gasteiger partial charge in [-0.25, -0.2) is 0 Å². The van der Waals surface area contributed by atoms with Crippen LogP contribution in [0.3, 0.4) is 0 Å². The molecule has 2 fully saturated rings. The molecule has 1 N–H and O–H groups in total. The number of hydrogen-bond donors (Lipinski definition) is 1. The van der Waals surface area contributed by atoms with Crippen LogP contribution in [0.5, 0.6) is 5.75 Å². The molecule has 2 atom stereocenters. The third-order valence-electron chi connectivity index (χ3n) is 5.75. The molecular weight excluding hydrogens is 258 g/mol. The molecule has 21 heavy (non-hydrogen) atoms. The minimum Gasteiger partial charge on any atom is -0.490 e. The lowest BCUT2D eigenvalue weighted by Gasteiger charge is -2.52. The van der Waals surface area contributed by atoms with Crippen LogP contribution in [0.1, 0.15) is 63.9 Å². The smallest absolute Gasteiger partial charge is 0.119 e. The fraction of sp³-hybridized carbons (Fsp3) is 0.684. The van der Waals surface area contributed by atoms with Crippen LogP contribution in [0.15, 0.2) is 24.3 Å². The third kappa shape index (κ3) is 2.96. The Balaban J connectivity index is 1.62. The van der Waals surface area contributed by atoms with E-state index in [1.807, 2.05) is 0 Å². The molecule has 2 heteroatoms. The van der Waals surface area contributed by atoms with E-state index in [-0.39, 0.29) is 0 Å². The molecule has 2 nitrogen and oxygen atoms in total. The SMILES string of the molecule is CNC1CC(c2ccc(OC3CCCCC3)cc2)C1(C)C. The first-order valence-electron chi connectivity index (χ1n) is 8.55. The quantitative estimate of drug-likeness (QED) is 0.880. The molecule has 0 spiro atoms. The Hall–Kier alpha value is -1.02. The Morgan fingerprint density at radius 1 is 1.05 bits per heavy atom. The minimum absolute atomic E-state index is 0.348. The number of rotatable bonds is 4. The summed E-state index contributed by atoms with van der Waals surface area (Å²) in [7, 11) is 2.07. The van der Waals surface area contributed by atoms with Gasteiger partial charge in [0.15, 0.2) is 0 Å². The predicted octanol–water partition coefficient (Wildman–Crippen LogP) is 4.50. The lowest BCUT2D eigenvalue weighted by atomic mass is 9.56. The largest absolute Gasteiger partial charge is 0.490 e. The molecular formula is C19H29NO. The second kappa shape index (κ2) is 6.00. The molecule has 116 valence electrons. The maximum Gasteiger partial charge on any atom is 0.119 e. The molecule has 3 rings (SSSR count). The summed E-state index contributed by atoms with van der Waals surface area (Å²) < 4.78 is 6.12. The lowest BCUT2D eigenvalue weighted by Crippen LogP contribution is -2.54. The summed E-state index contributed by atoms with van der Waals surface area (Å²) in [4.78, 5) is 0. The average molecular weight is 287 g/mol. The molecule has 0 aromatic heterocycles. The van der Waals surface area contributed by atoms with Gasteiger partial charge in [0.2, 0.25) is 0 Å². The highest BCUT2D eigenvalue weighted by molar-refractivity contribution is 5.33. The molecule has 0 heterocycles. The van der Waals surface area contributed by atoms with Gasteiger partial charge in [-0.3, -0.25) is 0 Å². The summed E-state index contributed by atoms with van der Waals surface area (Å²) in [5.41, 5.74) is 1.81. The molecule has 2 saturated carbocycles. The van der Waals surface area contributed by atoms with Crippen molar-refractivity contribution in [3.63, 3.8) is 0 Å². The molecule has 2 aliphatic carbocycles. The van der Waals surface area contributed by atoms with Gasteiger partial charge < -0.3 is 10.1 Å². The highest BCUT2D eigenvalue weighted by Crippen LogP contribution is 2.52. The predicted molar refractivity (Wildman–Crippen MR) is 87.9 cm³/mol. The van der Waals surface area contributed by atoms with Gasteiger partial charge in [-0.05, 0) is 68.2 Å². The standard InChI is InChI=1S/C19H29NO/c1-19(2)17(13-18(19)20-3)14-9-11-16(12-10-14)21-15-7-5-4-6-8-15/h9-12,15,17-18,20H,4-8,13H2,1-3H3. The van der Waals surface area contributed by atoms with Gasteiger partial charge in [0.1, 0.15) is 5.75 Å². The molecule has 0 aliphatic heterocycles. The molecule has 1 aromatic rings. The van der Waals surface area contributed by atoms with Crippen LogP contribution in [0.4, 0.5) is 0 Å². The number of benzene rings is 1. The number of hydrogen-bond acceptors (Lipinski definition) is 2. The van der Waals surface area contributed by atoms with Crippen LogP contribution in [-0.4, -0.2) is 19.2 Å². The first-order valence-corrected chi connectivity index (χ1v) is 8.55. The summed E-state index contributed by atoms with van der Waals surface area (Å²) in [6.45, 7) is 4.74. The van der Waals surface area contributed by atoms with E-state index >= 15 is 0 Å². The Bertz CT molecular complexity index is 459. The van der Waals surface area contributed by atoms with Crippen molar-refractivity contribution in [3.05, 3.63) is 29.8 Å². The fourth-order valence-electron chi connectivity index (χ4n) is 4.14. The molecule has 2 unspecified atom stereocenters.